The molecule has 2 aliphatic heterocycles. The second kappa shape index (κ2) is 1.65. The molecule has 2 heteroatoms. The van der Waals surface area contributed by atoms with Crippen LogP contribution in [-0.2, 0) is 0 Å². The van der Waals surface area contributed by atoms with Gasteiger partial charge in [-0.3, -0.25) is 0 Å². The van der Waals surface area contributed by atoms with E-state index >= 15 is 0 Å². The van der Waals surface area contributed by atoms with Crippen LogP contribution < -0.4 is 5.32 Å². The van der Waals surface area contributed by atoms with Gasteiger partial charge in [0.05, 0.1) is 6.20 Å². The minimum Gasteiger partial charge on any atom is -0.346 e. The summed E-state index contributed by atoms with van der Waals surface area (Å²) < 4.78 is 0. The van der Waals surface area contributed by atoms with Crippen molar-refractivity contribution in [2.75, 3.05) is 6.54 Å². The summed E-state index contributed by atoms with van der Waals surface area (Å²) in [5.41, 5.74) is 0. The van der Waals surface area contributed by atoms with E-state index in [0.29, 0.717) is 0 Å². The highest BCUT2D eigenvalue weighted by Gasteiger charge is 2.10. The largest absolute Gasteiger partial charge is 0.346 e. The van der Waals surface area contributed by atoms with Crippen LogP contribution in [0.1, 0.15) is 0 Å². The average molecular weight is 119 g/mol. The summed E-state index contributed by atoms with van der Waals surface area (Å²) in [7, 11) is 0. The zero-order valence-electron chi connectivity index (χ0n) is 4.96. The van der Waals surface area contributed by atoms with Gasteiger partial charge in [-0.1, -0.05) is 12.2 Å². The Kier molecular flexibility index (Phi) is 0.859. The van der Waals surface area contributed by atoms with Gasteiger partial charge in [0.25, 0.3) is 0 Å². The lowest BCUT2D eigenvalue weighted by Crippen LogP contribution is -2.20. The third-order valence-electron chi connectivity index (χ3n) is 1.41. The third kappa shape index (κ3) is 0.633. The van der Waals surface area contributed by atoms with Crippen molar-refractivity contribution in [2.45, 2.75) is 0 Å². The van der Waals surface area contributed by atoms with Crippen LogP contribution in [0.3, 0.4) is 0 Å². The van der Waals surface area contributed by atoms with E-state index < -0.39 is 0 Å². The zero-order chi connectivity index (χ0) is 6.10. The minimum absolute atomic E-state index is 0.940. The molecule has 2 rings (SSSR count). The highest BCUT2D eigenvalue weighted by Crippen LogP contribution is 2.10. The molecule has 0 spiro atoms. The summed E-state index contributed by atoms with van der Waals surface area (Å²) in [6.45, 7) is 0.940. The molecule has 0 saturated carbocycles. The normalized spacial score (nSPS) is 21.3. The van der Waals surface area contributed by atoms with E-state index in [1.54, 1.807) is 0 Å². The molecule has 0 amide bonds. The number of nitrogens with zero attached hydrogens (tertiary/aromatic N) is 1. The molecule has 0 bridgehead atoms. The fraction of sp³-hybridized carbons (Fsp3) is 0.143. The highest BCUT2D eigenvalue weighted by molar-refractivity contribution is 5.21. The quantitative estimate of drug-likeness (QED) is 0.501. The maximum atomic E-state index is 3.06. The maximum absolute atomic E-state index is 3.06. The molecule has 0 aromatic heterocycles. The van der Waals surface area contributed by atoms with Crippen molar-refractivity contribution in [1.29, 1.82) is 0 Å². The molecule has 0 aliphatic carbocycles. The Hall–Kier alpha value is -1.18. The molecule has 2 nitrogen and oxygen atoms in total. The van der Waals surface area contributed by atoms with Gasteiger partial charge in [0, 0.05) is 12.7 Å². The van der Waals surface area contributed by atoms with Crippen molar-refractivity contribution in [1.82, 2.24) is 10.2 Å². The summed E-state index contributed by atoms with van der Waals surface area (Å²) >= 11 is 0. The monoisotopic (exact) mass is 119 g/mol. The Labute approximate surface area is 54.2 Å². The van der Waals surface area contributed by atoms with Crippen LogP contribution in [0.2, 0.25) is 0 Å². The third-order valence-corrected chi connectivity index (χ3v) is 1.41. The smallest absolute Gasteiger partial charge is 0.110 e. The van der Waals surface area contributed by atoms with Gasteiger partial charge in [-0.05, 0) is 6.08 Å². The molecule has 1 radical (unpaired) electrons. The molecule has 1 N–H and O–H groups in total. The maximum Gasteiger partial charge on any atom is 0.110 e. The van der Waals surface area contributed by atoms with Crippen molar-refractivity contribution in [3.05, 3.63) is 36.4 Å². The van der Waals surface area contributed by atoms with Crippen molar-refractivity contribution in [3.63, 3.8) is 0 Å². The standard InChI is InChI=1S/C7H7N2/c1-2-5-9-6-4-8-7(9)3-1/h1-4,8H,5H2. The SMILES string of the molecule is [C]1=CNC2=CC=CCN12. The Morgan fingerprint density at radius 3 is 3.56 bits per heavy atom. The van der Waals surface area contributed by atoms with Gasteiger partial charge in [-0.15, -0.1) is 0 Å². The first-order valence-electron chi connectivity index (χ1n) is 2.95. The molecule has 0 unspecified atom stereocenters. The lowest BCUT2D eigenvalue weighted by Gasteiger charge is -2.16. The molecule has 2 aliphatic rings. The topological polar surface area (TPSA) is 15.3 Å². The van der Waals surface area contributed by atoms with E-state index in [-0.39, 0.29) is 0 Å². The van der Waals surface area contributed by atoms with E-state index in [4.69, 9.17) is 0 Å². The van der Waals surface area contributed by atoms with Crippen molar-refractivity contribution in [2.24, 2.45) is 0 Å². The van der Waals surface area contributed by atoms with Crippen molar-refractivity contribution >= 4 is 0 Å². The molecular formula is C7H7N2. The molecule has 0 atom stereocenters. The number of nitrogens with one attached hydrogen (secondary N) is 1. The molecular weight excluding hydrogens is 112 g/mol. The van der Waals surface area contributed by atoms with Gasteiger partial charge < -0.3 is 10.2 Å². The van der Waals surface area contributed by atoms with Gasteiger partial charge in [0.15, 0.2) is 0 Å². The summed E-state index contributed by atoms with van der Waals surface area (Å²) in [5, 5.41) is 3.06. The molecule has 0 aromatic rings. The van der Waals surface area contributed by atoms with Gasteiger partial charge in [-0.2, -0.15) is 0 Å². The summed E-state index contributed by atoms with van der Waals surface area (Å²) in [6, 6.07) is 0. The number of fused-ring (bicyclic) bond motifs is 1. The predicted molar refractivity (Wildman–Crippen MR) is 34.9 cm³/mol. The van der Waals surface area contributed by atoms with Crippen LogP contribution in [0.15, 0.2) is 30.2 Å². The van der Waals surface area contributed by atoms with Gasteiger partial charge in [0.1, 0.15) is 5.82 Å². The van der Waals surface area contributed by atoms with Gasteiger partial charge in [-0.25, -0.2) is 0 Å². The van der Waals surface area contributed by atoms with E-state index in [2.05, 4.69) is 17.6 Å². The van der Waals surface area contributed by atoms with Crippen LogP contribution in [0.25, 0.3) is 0 Å². The summed E-state index contributed by atoms with van der Waals surface area (Å²) in [6.07, 6.45) is 11.0. The molecule has 0 saturated heterocycles. The Morgan fingerprint density at radius 2 is 2.67 bits per heavy atom. The lowest BCUT2D eigenvalue weighted by atomic mass is 10.3. The first-order valence-corrected chi connectivity index (χ1v) is 2.95. The second-order valence-corrected chi connectivity index (χ2v) is 2.01. The molecule has 2 heterocycles. The van der Waals surface area contributed by atoms with Crippen molar-refractivity contribution < 1.29 is 0 Å². The highest BCUT2D eigenvalue weighted by atomic mass is 15.3. The Bertz CT molecular complexity index is 201. The summed E-state index contributed by atoms with van der Waals surface area (Å²) in [4.78, 5) is 2.03. The molecule has 0 aromatic carbocycles. The van der Waals surface area contributed by atoms with Crippen molar-refractivity contribution in [3.8, 4) is 0 Å². The number of hydrogen-bond acceptors (Lipinski definition) is 2. The molecule has 9 heavy (non-hydrogen) atoms. The first-order chi connectivity index (χ1) is 4.47. The van der Waals surface area contributed by atoms with Crippen LogP contribution in [-0.4, -0.2) is 11.4 Å². The van der Waals surface area contributed by atoms with Crippen LogP contribution >= 0.6 is 0 Å². The predicted octanol–water partition coefficient (Wildman–Crippen LogP) is 0.577. The fourth-order valence-corrected chi connectivity index (χ4v) is 0.946. The zero-order valence-corrected chi connectivity index (χ0v) is 4.96. The lowest BCUT2D eigenvalue weighted by molar-refractivity contribution is 0.494. The van der Waals surface area contributed by atoms with Crippen LogP contribution in [0.5, 0.6) is 0 Å². The minimum atomic E-state index is 0.940. The number of allylic oxidation sites excluding steroid dienone is 2. The average Bonchev–Trinajstić information content (AvgIpc) is 2.33. The first kappa shape index (κ1) is 4.68. The molecule has 0 fully saturated rings. The van der Waals surface area contributed by atoms with E-state index in [9.17, 15) is 0 Å². The van der Waals surface area contributed by atoms with E-state index in [0.717, 1.165) is 12.4 Å². The van der Waals surface area contributed by atoms with Gasteiger partial charge >= 0.3 is 0 Å². The summed E-state index contributed by atoms with van der Waals surface area (Å²) in [5.74, 6) is 1.12. The van der Waals surface area contributed by atoms with E-state index in [1.165, 1.54) is 0 Å². The van der Waals surface area contributed by atoms with E-state index in [1.807, 2.05) is 23.3 Å². The van der Waals surface area contributed by atoms with Crippen LogP contribution in [0, 0.1) is 6.20 Å². The fourth-order valence-electron chi connectivity index (χ4n) is 0.946. The number of hydrogen-bond donors (Lipinski definition) is 1. The number of rotatable bonds is 0. The van der Waals surface area contributed by atoms with Gasteiger partial charge in [0.2, 0.25) is 0 Å². The second-order valence-electron chi connectivity index (χ2n) is 2.01. The van der Waals surface area contributed by atoms with Crippen LogP contribution in [0.4, 0.5) is 0 Å². The Morgan fingerprint density at radius 1 is 1.67 bits per heavy atom. The Balaban J connectivity index is 2.29. The molecule has 45 valence electrons.